The number of thioether (sulfide) groups is 1. The molecule has 2 aromatic heterocycles. The van der Waals surface area contributed by atoms with Gasteiger partial charge in [-0.2, -0.15) is 0 Å². The summed E-state index contributed by atoms with van der Waals surface area (Å²) in [7, 11) is 0. The molecule has 5 rings (SSSR count). The third-order valence-electron chi connectivity index (χ3n) is 6.23. The SMILES string of the molecule is Cc1cc(C(=O)CSc2nnc(C3CC3)n2-c2ccccc2)c(C)n1C[C@H]1CCCO1. The van der Waals surface area contributed by atoms with E-state index < -0.39 is 0 Å². The molecule has 0 radical (unpaired) electrons. The molecule has 2 aliphatic rings. The lowest BCUT2D eigenvalue weighted by atomic mass is 10.2. The summed E-state index contributed by atoms with van der Waals surface area (Å²) in [6, 6.07) is 12.2. The van der Waals surface area contributed by atoms with Gasteiger partial charge in [0, 0.05) is 41.7 Å². The molecule has 0 bridgehead atoms. The predicted molar refractivity (Wildman–Crippen MR) is 121 cm³/mol. The van der Waals surface area contributed by atoms with Gasteiger partial charge in [0.25, 0.3) is 0 Å². The van der Waals surface area contributed by atoms with E-state index in [-0.39, 0.29) is 11.9 Å². The fraction of sp³-hybridized carbons (Fsp3) is 0.458. The van der Waals surface area contributed by atoms with Crippen LogP contribution in [0.5, 0.6) is 0 Å². The van der Waals surface area contributed by atoms with Crippen LogP contribution in [0, 0.1) is 13.8 Å². The van der Waals surface area contributed by atoms with E-state index in [2.05, 4.69) is 38.4 Å². The number of aryl methyl sites for hydroxylation is 1. The summed E-state index contributed by atoms with van der Waals surface area (Å²) < 4.78 is 10.1. The van der Waals surface area contributed by atoms with Crippen LogP contribution in [0.15, 0.2) is 41.6 Å². The van der Waals surface area contributed by atoms with Crippen molar-refractivity contribution in [2.24, 2.45) is 0 Å². The van der Waals surface area contributed by atoms with Crippen LogP contribution in [0.1, 0.15) is 59.2 Å². The Kier molecular flexibility index (Phi) is 5.71. The number of carbonyl (C=O) groups is 1. The third kappa shape index (κ3) is 4.21. The quantitative estimate of drug-likeness (QED) is 0.378. The van der Waals surface area contributed by atoms with Gasteiger partial charge in [0.2, 0.25) is 0 Å². The molecule has 3 aromatic rings. The Morgan fingerprint density at radius 1 is 1.16 bits per heavy atom. The van der Waals surface area contributed by atoms with Gasteiger partial charge in [-0.1, -0.05) is 30.0 Å². The van der Waals surface area contributed by atoms with Crippen molar-refractivity contribution in [2.45, 2.75) is 63.3 Å². The molecule has 3 heterocycles. The fourth-order valence-electron chi connectivity index (χ4n) is 4.36. The smallest absolute Gasteiger partial charge is 0.196 e. The van der Waals surface area contributed by atoms with E-state index in [4.69, 9.17) is 4.74 Å². The van der Waals surface area contributed by atoms with Gasteiger partial charge in [0.1, 0.15) is 5.82 Å². The van der Waals surface area contributed by atoms with Crippen LogP contribution in [0.2, 0.25) is 0 Å². The fourth-order valence-corrected chi connectivity index (χ4v) is 5.21. The van der Waals surface area contributed by atoms with E-state index in [9.17, 15) is 4.79 Å². The lowest BCUT2D eigenvalue weighted by Crippen LogP contribution is -2.17. The van der Waals surface area contributed by atoms with Crippen LogP contribution >= 0.6 is 11.8 Å². The van der Waals surface area contributed by atoms with Crippen LogP contribution in [-0.2, 0) is 11.3 Å². The average Bonchev–Trinajstić information content (AvgIpc) is 3.21. The summed E-state index contributed by atoms with van der Waals surface area (Å²) in [5.74, 6) is 1.97. The first-order valence-electron chi connectivity index (χ1n) is 11.1. The number of benzene rings is 1. The van der Waals surface area contributed by atoms with Crippen molar-refractivity contribution < 1.29 is 9.53 Å². The lowest BCUT2D eigenvalue weighted by molar-refractivity contribution is 0.0957. The maximum atomic E-state index is 13.1. The van der Waals surface area contributed by atoms with Crippen molar-refractivity contribution in [3.63, 3.8) is 0 Å². The molecule has 1 aliphatic heterocycles. The zero-order valence-electron chi connectivity index (χ0n) is 18.1. The normalized spacial score (nSPS) is 18.6. The number of ether oxygens (including phenoxy) is 1. The van der Waals surface area contributed by atoms with E-state index in [1.807, 2.05) is 31.2 Å². The van der Waals surface area contributed by atoms with Crippen molar-refractivity contribution in [3.8, 4) is 5.69 Å². The van der Waals surface area contributed by atoms with E-state index in [0.717, 1.165) is 72.5 Å². The number of hydrogen-bond donors (Lipinski definition) is 0. The first-order valence-corrected chi connectivity index (χ1v) is 12.1. The molecule has 0 N–H and O–H groups in total. The third-order valence-corrected chi connectivity index (χ3v) is 7.16. The van der Waals surface area contributed by atoms with E-state index in [0.29, 0.717) is 11.7 Å². The molecule has 0 amide bonds. The molecule has 7 heteroatoms. The van der Waals surface area contributed by atoms with Gasteiger partial charge in [-0.3, -0.25) is 9.36 Å². The van der Waals surface area contributed by atoms with Gasteiger partial charge in [0.05, 0.1) is 11.9 Å². The molecule has 1 aromatic carbocycles. The van der Waals surface area contributed by atoms with Crippen molar-refractivity contribution in [1.29, 1.82) is 0 Å². The minimum Gasteiger partial charge on any atom is -0.376 e. The Hall–Kier alpha value is -2.38. The van der Waals surface area contributed by atoms with Gasteiger partial charge in [-0.25, -0.2) is 0 Å². The Balaban J connectivity index is 1.33. The standard InChI is InChI=1S/C24H28N4O2S/c1-16-13-21(17(2)27(16)14-20-9-6-12-30-20)22(29)15-31-24-26-25-23(18-10-11-18)28(24)19-7-4-3-5-8-19/h3-5,7-8,13,18,20H,6,9-12,14-15H2,1-2H3/t20-/m1/s1. The number of Topliss-reactive ketones (excluding diaryl/α,β-unsaturated/α-hetero) is 1. The predicted octanol–water partition coefficient (Wildman–Crippen LogP) is 4.72. The van der Waals surface area contributed by atoms with Crippen molar-refractivity contribution in [2.75, 3.05) is 12.4 Å². The number of ketones is 1. The highest BCUT2D eigenvalue weighted by Gasteiger charge is 2.31. The van der Waals surface area contributed by atoms with E-state index >= 15 is 0 Å². The molecule has 2 fully saturated rings. The molecule has 1 aliphatic carbocycles. The van der Waals surface area contributed by atoms with Gasteiger partial charge in [0.15, 0.2) is 10.9 Å². The first kappa shape index (κ1) is 20.5. The number of nitrogens with zero attached hydrogens (tertiary/aromatic N) is 4. The highest BCUT2D eigenvalue weighted by Crippen LogP contribution is 2.41. The largest absolute Gasteiger partial charge is 0.376 e. The molecule has 162 valence electrons. The average molecular weight is 437 g/mol. The monoisotopic (exact) mass is 436 g/mol. The highest BCUT2D eigenvalue weighted by molar-refractivity contribution is 7.99. The number of aromatic nitrogens is 4. The maximum Gasteiger partial charge on any atom is 0.196 e. The van der Waals surface area contributed by atoms with Crippen LogP contribution in [-0.4, -0.2) is 43.6 Å². The second kappa shape index (κ2) is 8.63. The summed E-state index contributed by atoms with van der Waals surface area (Å²) in [5.41, 5.74) is 4.00. The number of rotatable bonds is 8. The second-order valence-corrected chi connectivity index (χ2v) is 9.47. The summed E-state index contributed by atoms with van der Waals surface area (Å²) in [6.07, 6.45) is 4.79. The highest BCUT2D eigenvalue weighted by atomic mass is 32.2. The zero-order valence-corrected chi connectivity index (χ0v) is 18.9. The van der Waals surface area contributed by atoms with Crippen LogP contribution in [0.3, 0.4) is 0 Å². The van der Waals surface area contributed by atoms with Gasteiger partial charge in [-0.15, -0.1) is 10.2 Å². The molecule has 6 nitrogen and oxygen atoms in total. The summed E-state index contributed by atoms with van der Waals surface area (Å²) in [6.45, 7) is 5.78. The molecule has 0 spiro atoms. The lowest BCUT2D eigenvalue weighted by Gasteiger charge is -2.14. The Morgan fingerprint density at radius 3 is 2.68 bits per heavy atom. The zero-order chi connectivity index (χ0) is 21.4. The number of carbonyl (C=O) groups excluding carboxylic acids is 1. The number of para-hydroxylation sites is 1. The van der Waals surface area contributed by atoms with E-state index in [1.54, 1.807) is 0 Å². The topological polar surface area (TPSA) is 61.9 Å². The van der Waals surface area contributed by atoms with Crippen molar-refractivity contribution >= 4 is 17.5 Å². The van der Waals surface area contributed by atoms with Crippen LogP contribution < -0.4 is 0 Å². The molecule has 1 saturated heterocycles. The minimum atomic E-state index is 0.132. The van der Waals surface area contributed by atoms with Gasteiger partial charge >= 0.3 is 0 Å². The minimum absolute atomic E-state index is 0.132. The molecule has 1 atom stereocenters. The molecular weight excluding hydrogens is 408 g/mol. The molecule has 1 saturated carbocycles. The summed E-state index contributed by atoms with van der Waals surface area (Å²) in [4.78, 5) is 13.1. The summed E-state index contributed by atoms with van der Waals surface area (Å²) >= 11 is 1.47. The van der Waals surface area contributed by atoms with Gasteiger partial charge < -0.3 is 9.30 Å². The van der Waals surface area contributed by atoms with Crippen molar-refractivity contribution in [1.82, 2.24) is 19.3 Å². The first-order chi connectivity index (χ1) is 15.1. The second-order valence-electron chi connectivity index (χ2n) is 8.53. The Labute approximate surface area is 187 Å². The van der Waals surface area contributed by atoms with Crippen LogP contribution in [0.25, 0.3) is 5.69 Å². The summed E-state index contributed by atoms with van der Waals surface area (Å²) in [5, 5.41) is 9.68. The Bertz CT molecular complexity index is 1080. The van der Waals surface area contributed by atoms with Crippen LogP contribution in [0.4, 0.5) is 0 Å². The molecular formula is C24H28N4O2S. The number of hydrogen-bond acceptors (Lipinski definition) is 5. The maximum absolute atomic E-state index is 13.1. The van der Waals surface area contributed by atoms with E-state index in [1.165, 1.54) is 11.8 Å². The molecule has 31 heavy (non-hydrogen) atoms. The molecule has 0 unspecified atom stereocenters. The van der Waals surface area contributed by atoms with Crippen molar-refractivity contribution in [3.05, 3.63) is 59.2 Å². The van der Waals surface area contributed by atoms with Gasteiger partial charge in [-0.05, 0) is 57.7 Å². The Morgan fingerprint density at radius 2 is 1.97 bits per heavy atom.